The van der Waals surface area contributed by atoms with Crippen molar-refractivity contribution in [3.8, 4) is 0 Å². The summed E-state index contributed by atoms with van der Waals surface area (Å²) in [4.78, 5) is 0. The predicted molar refractivity (Wildman–Crippen MR) is 164 cm³/mol. The largest absolute Gasteiger partial charge is 0.494 e. The molecule has 0 aliphatic carbocycles. The first-order chi connectivity index (χ1) is 18.2. The molecule has 0 unspecified atom stereocenters. The molecular formula is C32H47B2NO4. The molecule has 3 heterocycles. The molecule has 5 rings (SSSR count). The van der Waals surface area contributed by atoms with E-state index in [2.05, 4.69) is 110 Å². The smallest absolute Gasteiger partial charge is 0.399 e. The van der Waals surface area contributed by atoms with Crippen LogP contribution in [0.25, 0.3) is 21.8 Å². The maximum Gasteiger partial charge on any atom is 0.494 e. The minimum Gasteiger partial charge on any atom is -0.399 e. The Morgan fingerprint density at radius 1 is 0.667 bits per heavy atom. The van der Waals surface area contributed by atoms with E-state index in [9.17, 15) is 0 Å². The summed E-state index contributed by atoms with van der Waals surface area (Å²) in [5, 5.41) is 2.45. The zero-order chi connectivity index (χ0) is 28.4. The summed E-state index contributed by atoms with van der Waals surface area (Å²) < 4.78 is 28.2. The van der Waals surface area contributed by atoms with Crippen LogP contribution >= 0.6 is 0 Å². The highest BCUT2D eigenvalue weighted by molar-refractivity contribution is 6.63. The van der Waals surface area contributed by atoms with Crippen LogP contribution in [0.3, 0.4) is 0 Å². The lowest BCUT2D eigenvalue weighted by Crippen LogP contribution is -2.41. The molecule has 0 N–H and O–H groups in total. The van der Waals surface area contributed by atoms with Gasteiger partial charge >= 0.3 is 14.2 Å². The van der Waals surface area contributed by atoms with Crippen molar-refractivity contribution in [2.45, 2.75) is 124 Å². The van der Waals surface area contributed by atoms with Crippen molar-refractivity contribution in [2.75, 3.05) is 0 Å². The van der Waals surface area contributed by atoms with Crippen molar-refractivity contribution < 1.29 is 18.6 Å². The Kier molecular flexibility index (Phi) is 7.32. The van der Waals surface area contributed by atoms with Crippen LogP contribution in [-0.4, -0.2) is 41.2 Å². The van der Waals surface area contributed by atoms with Gasteiger partial charge in [0.1, 0.15) is 0 Å². The molecular weight excluding hydrogens is 484 g/mol. The first-order valence-corrected chi connectivity index (χ1v) is 15.0. The summed E-state index contributed by atoms with van der Waals surface area (Å²) in [6, 6.07) is 13.4. The third kappa shape index (κ3) is 4.98. The summed E-state index contributed by atoms with van der Waals surface area (Å²) in [6.07, 6.45) is 4.94. The van der Waals surface area contributed by atoms with Gasteiger partial charge in [-0.25, -0.2) is 0 Å². The Hall–Kier alpha value is -1.79. The van der Waals surface area contributed by atoms with Crippen LogP contribution in [0.1, 0.15) is 94.9 Å². The van der Waals surface area contributed by atoms with E-state index in [1.54, 1.807) is 0 Å². The van der Waals surface area contributed by atoms with E-state index in [-0.39, 0.29) is 22.4 Å². The van der Waals surface area contributed by atoms with Crippen LogP contribution in [0.15, 0.2) is 36.4 Å². The highest BCUT2D eigenvalue weighted by Crippen LogP contribution is 2.39. The molecule has 1 atom stereocenters. The molecule has 2 fully saturated rings. The lowest BCUT2D eigenvalue weighted by atomic mass is 9.77. The van der Waals surface area contributed by atoms with E-state index in [4.69, 9.17) is 18.6 Å². The lowest BCUT2D eigenvalue weighted by Gasteiger charge is -2.32. The van der Waals surface area contributed by atoms with Gasteiger partial charge in [0.25, 0.3) is 0 Å². The topological polar surface area (TPSA) is 41.9 Å². The highest BCUT2D eigenvalue weighted by atomic mass is 16.7. The van der Waals surface area contributed by atoms with Gasteiger partial charge in [0.2, 0.25) is 0 Å². The third-order valence-electron chi connectivity index (χ3n) is 9.95. The number of hydrogen-bond donors (Lipinski definition) is 0. The summed E-state index contributed by atoms with van der Waals surface area (Å²) in [6.45, 7) is 22.5. The van der Waals surface area contributed by atoms with Crippen molar-refractivity contribution >= 4 is 47.0 Å². The second-order valence-corrected chi connectivity index (χ2v) is 13.8. The van der Waals surface area contributed by atoms with Crippen LogP contribution < -0.4 is 10.9 Å². The van der Waals surface area contributed by atoms with Crippen molar-refractivity contribution in [3.63, 3.8) is 0 Å². The molecule has 5 nitrogen and oxygen atoms in total. The summed E-state index contributed by atoms with van der Waals surface area (Å²) in [5.41, 5.74) is 3.11. The first kappa shape index (κ1) is 28.7. The van der Waals surface area contributed by atoms with Crippen molar-refractivity contribution in [1.82, 2.24) is 4.57 Å². The molecule has 2 aliphatic heterocycles. The predicted octanol–water partition coefficient (Wildman–Crippen LogP) is 6.61. The number of benzene rings is 2. The van der Waals surface area contributed by atoms with Gasteiger partial charge in [0.15, 0.2) is 0 Å². The molecule has 2 aromatic carbocycles. The van der Waals surface area contributed by atoms with E-state index in [0.717, 1.165) is 17.5 Å². The quantitative estimate of drug-likeness (QED) is 0.307. The van der Waals surface area contributed by atoms with Crippen molar-refractivity contribution in [2.24, 2.45) is 5.92 Å². The Balaban J connectivity index is 1.61. The number of unbranched alkanes of at least 4 members (excludes halogenated alkanes) is 1. The SMILES string of the molecule is CCCC[C@@H](CC)Cn1c2ccc(B3OC(C)(C)C(C)(C)O3)cc2c2cc(B3OC(C)(C)C(C)(C)O3)ccc21. The van der Waals surface area contributed by atoms with Gasteiger partial charge in [0.05, 0.1) is 22.4 Å². The van der Waals surface area contributed by atoms with Crippen molar-refractivity contribution in [3.05, 3.63) is 36.4 Å². The molecule has 39 heavy (non-hydrogen) atoms. The Morgan fingerprint density at radius 3 is 1.44 bits per heavy atom. The average molecular weight is 531 g/mol. The normalized spacial score (nSPS) is 22.3. The third-order valence-corrected chi connectivity index (χ3v) is 9.95. The number of fused-ring (bicyclic) bond motifs is 3. The second-order valence-electron chi connectivity index (χ2n) is 13.8. The fourth-order valence-corrected chi connectivity index (χ4v) is 5.76. The van der Waals surface area contributed by atoms with Crippen LogP contribution in [0.5, 0.6) is 0 Å². The minimum absolute atomic E-state index is 0.377. The number of nitrogens with zero attached hydrogens (tertiary/aromatic N) is 1. The van der Waals surface area contributed by atoms with E-state index >= 15 is 0 Å². The molecule has 3 aromatic rings. The standard InChI is InChI=1S/C32H47B2NO4/c1-11-13-14-22(12-2)21-35-27-17-15-23(33-36-29(3,4)30(5,6)37-33)19-25(27)26-20-24(16-18-28(26)35)34-38-31(7,8)32(9,10)39-34/h15-20,22H,11-14,21H2,1-10H3/t22-/m1/s1. The molecule has 0 saturated carbocycles. The molecule has 0 radical (unpaired) electrons. The average Bonchev–Trinajstić information content (AvgIpc) is 3.37. The van der Waals surface area contributed by atoms with Gasteiger partial charge in [-0.2, -0.15) is 0 Å². The second kappa shape index (κ2) is 9.94. The van der Waals surface area contributed by atoms with Crippen LogP contribution in [0.4, 0.5) is 0 Å². The maximum atomic E-state index is 6.43. The molecule has 7 heteroatoms. The molecule has 0 spiro atoms. The number of rotatable bonds is 8. The number of hydrogen-bond acceptors (Lipinski definition) is 4. The molecule has 2 saturated heterocycles. The lowest BCUT2D eigenvalue weighted by molar-refractivity contribution is 0.00578. The van der Waals surface area contributed by atoms with Crippen molar-refractivity contribution in [1.29, 1.82) is 0 Å². The maximum absolute atomic E-state index is 6.43. The minimum atomic E-state index is -0.392. The molecule has 1 aromatic heterocycles. The van der Waals surface area contributed by atoms with E-state index in [1.165, 1.54) is 47.5 Å². The van der Waals surface area contributed by atoms with Gasteiger partial charge in [-0.3, -0.25) is 0 Å². The zero-order valence-electron chi connectivity index (χ0n) is 25.8. The highest BCUT2D eigenvalue weighted by Gasteiger charge is 2.53. The van der Waals surface area contributed by atoms with Gasteiger partial charge in [-0.15, -0.1) is 0 Å². The van der Waals surface area contributed by atoms with Crippen LogP contribution in [0.2, 0.25) is 0 Å². The van der Waals surface area contributed by atoms with Gasteiger partial charge in [-0.05, 0) is 90.8 Å². The Bertz CT molecular complexity index is 1230. The van der Waals surface area contributed by atoms with E-state index < -0.39 is 14.2 Å². The summed E-state index contributed by atoms with van der Waals surface area (Å²) in [5.74, 6) is 0.647. The monoisotopic (exact) mass is 531 g/mol. The van der Waals surface area contributed by atoms with Gasteiger partial charge < -0.3 is 23.2 Å². The summed E-state index contributed by atoms with van der Waals surface area (Å²) in [7, 11) is -0.783. The first-order valence-electron chi connectivity index (χ1n) is 15.0. The Labute approximate surface area is 236 Å². The number of aromatic nitrogens is 1. The van der Waals surface area contributed by atoms with Crippen LogP contribution in [-0.2, 0) is 25.2 Å². The zero-order valence-corrected chi connectivity index (χ0v) is 25.8. The van der Waals surface area contributed by atoms with Gasteiger partial charge in [-0.1, -0.05) is 57.4 Å². The Morgan fingerprint density at radius 2 is 1.08 bits per heavy atom. The molecule has 0 amide bonds. The fraction of sp³-hybridized carbons (Fsp3) is 0.625. The van der Waals surface area contributed by atoms with E-state index in [0.29, 0.717) is 5.92 Å². The summed E-state index contributed by atoms with van der Waals surface area (Å²) >= 11 is 0. The fourth-order valence-electron chi connectivity index (χ4n) is 5.76. The van der Waals surface area contributed by atoms with E-state index in [1.807, 2.05) is 0 Å². The van der Waals surface area contributed by atoms with Gasteiger partial charge in [0, 0.05) is 28.4 Å². The molecule has 2 aliphatic rings. The molecule has 210 valence electrons. The molecule has 0 bridgehead atoms. The van der Waals surface area contributed by atoms with Crippen LogP contribution in [0, 0.1) is 5.92 Å².